The minimum atomic E-state index is -0.878. The van der Waals surface area contributed by atoms with Gasteiger partial charge in [-0.15, -0.1) is 0 Å². The maximum Gasteiger partial charge on any atom is 0.165 e. The average molecular weight is 514 g/mol. The number of pyridine rings is 1. The monoisotopic (exact) mass is 513 g/mol. The summed E-state index contributed by atoms with van der Waals surface area (Å²) in [5.74, 6) is -0.241. The van der Waals surface area contributed by atoms with Crippen LogP contribution >= 0.6 is 0 Å². The van der Waals surface area contributed by atoms with Gasteiger partial charge >= 0.3 is 0 Å². The first kappa shape index (κ1) is 26.0. The van der Waals surface area contributed by atoms with E-state index in [0.29, 0.717) is 28.5 Å². The van der Waals surface area contributed by atoms with E-state index in [1.54, 1.807) is 19.2 Å². The summed E-state index contributed by atoms with van der Waals surface area (Å²) in [5, 5.41) is 2.24. The van der Waals surface area contributed by atoms with Gasteiger partial charge in [0.25, 0.3) is 0 Å². The molecule has 5 nitrogen and oxygen atoms in total. The van der Waals surface area contributed by atoms with Gasteiger partial charge in [-0.3, -0.25) is 14.6 Å². The molecule has 5 rings (SSSR count). The van der Waals surface area contributed by atoms with Gasteiger partial charge in [0.05, 0.1) is 23.3 Å². The zero-order valence-electron chi connectivity index (χ0n) is 22.7. The Hall–Kier alpha value is -3.64. The standard InChI is InChI=1S/C32H32FNO4/c1-7-25(36)23-15-20-14-17(2)27(31(18(3)35)38-32(4,5)6)29(22(20)16-24(23)33)21-8-9-26-28-19(11-13-37-26)10-12-34-30(21)28/h8-10,12,14-16,31H,7,11,13H2,1-6H3/t31-/m1/s1. The molecule has 0 amide bonds. The lowest BCUT2D eigenvalue weighted by atomic mass is 9.84. The molecule has 0 unspecified atom stereocenters. The molecule has 196 valence electrons. The van der Waals surface area contributed by atoms with Crippen molar-refractivity contribution in [2.24, 2.45) is 0 Å². The number of ketones is 2. The summed E-state index contributed by atoms with van der Waals surface area (Å²) in [6, 6.07) is 10.8. The number of benzene rings is 3. The van der Waals surface area contributed by atoms with Crippen LogP contribution < -0.4 is 4.74 Å². The maximum atomic E-state index is 15.5. The highest BCUT2D eigenvalue weighted by atomic mass is 19.1. The van der Waals surface area contributed by atoms with Crippen LogP contribution in [-0.4, -0.2) is 28.8 Å². The molecule has 1 aliphatic rings. The van der Waals surface area contributed by atoms with E-state index >= 15 is 4.39 Å². The summed E-state index contributed by atoms with van der Waals surface area (Å²) < 4.78 is 27.7. The van der Waals surface area contributed by atoms with Crippen molar-refractivity contribution in [2.45, 2.75) is 66.1 Å². The zero-order valence-corrected chi connectivity index (χ0v) is 22.7. The number of Topliss-reactive ketones (excluding diaryl/α,β-unsaturated/α-hetero) is 2. The first-order valence-corrected chi connectivity index (χ1v) is 13.0. The van der Waals surface area contributed by atoms with E-state index in [1.165, 1.54) is 13.0 Å². The molecule has 0 fully saturated rings. The Morgan fingerprint density at radius 1 is 1.16 bits per heavy atom. The number of rotatable bonds is 6. The molecular formula is C32H32FNO4. The van der Waals surface area contributed by atoms with E-state index in [1.807, 2.05) is 52.0 Å². The fourth-order valence-electron chi connectivity index (χ4n) is 5.41. The number of carbonyl (C=O) groups is 2. The van der Waals surface area contributed by atoms with Crippen LogP contribution in [0.4, 0.5) is 4.39 Å². The van der Waals surface area contributed by atoms with Crippen LogP contribution in [0.2, 0.25) is 0 Å². The van der Waals surface area contributed by atoms with Crippen molar-refractivity contribution >= 4 is 33.2 Å². The molecule has 0 aliphatic carbocycles. The van der Waals surface area contributed by atoms with Gasteiger partial charge in [0.2, 0.25) is 0 Å². The van der Waals surface area contributed by atoms with Crippen molar-refractivity contribution in [3.63, 3.8) is 0 Å². The molecule has 0 N–H and O–H groups in total. The smallest absolute Gasteiger partial charge is 0.165 e. The molecule has 38 heavy (non-hydrogen) atoms. The predicted molar refractivity (Wildman–Crippen MR) is 147 cm³/mol. The quantitative estimate of drug-likeness (QED) is 0.250. The van der Waals surface area contributed by atoms with E-state index in [9.17, 15) is 9.59 Å². The van der Waals surface area contributed by atoms with Crippen LogP contribution in [0.15, 0.2) is 42.6 Å². The maximum absolute atomic E-state index is 15.5. The second-order valence-electron chi connectivity index (χ2n) is 10.9. The molecule has 1 aromatic heterocycles. The van der Waals surface area contributed by atoms with Gasteiger partial charge in [-0.25, -0.2) is 4.39 Å². The highest BCUT2D eigenvalue weighted by molar-refractivity contribution is 6.10. The third-order valence-corrected chi connectivity index (χ3v) is 7.04. The third kappa shape index (κ3) is 4.47. The number of carbonyl (C=O) groups excluding carboxylic acids is 2. The van der Waals surface area contributed by atoms with E-state index in [4.69, 9.17) is 14.5 Å². The third-order valence-electron chi connectivity index (χ3n) is 7.04. The number of halogens is 1. The van der Waals surface area contributed by atoms with Crippen LogP contribution in [0.5, 0.6) is 5.75 Å². The van der Waals surface area contributed by atoms with Gasteiger partial charge in [-0.1, -0.05) is 13.0 Å². The minimum Gasteiger partial charge on any atom is -0.493 e. The van der Waals surface area contributed by atoms with Gasteiger partial charge in [-0.2, -0.15) is 0 Å². The lowest BCUT2D eigenvalue weighted by Gasteiger charge is -2.30. The fourth-order valence-corrected chi connectivity index (χ4v) is 5.41. The second-order valence-corrected chi connectivity index (χ2v) is 10.9. The normalized spacial score (nSPS) is 14.0. The van der Waals surface area contributed by atoms with E-state index in [0.717, 1.165) is 39.8 Å². The number of hydrogen-bond donors (Lipinski definition) is 0. The molecule has 2 heterocycles. The van der Waals surface area contributed by atoms with Gasteiger partial charge in [0.1, 0.15) is 17.7 Å². The Balaban J connectivity index is 1.93. The molecule has 0 spiro atoms. The Labute approximate surface area is 222 Å². The lowest BCUT2D eigenvalue weighted by Crippen LogP contribution is -2.27. The summed E-state index contributed by atoms with van der Waals surface area (Å²) in [5.41, 5.74) is 4.24. The first-order chi connectivity index (χ1) is 18.0. The van der Waals surface area contributed by atoms with E-state index < -0.39 is 17.5 Å². The highest BCUT2D eigenvalue weighted by Gasteiger charge is 2.31. The van der Waals surface area contributed by atoms with E-state index in [2.05, 4.69) is 0 Å². The second kappa shape index (κ2) is 9.59. The van der Waals surface area contributed by atoms with Crippen LogP contribution in [0.25, 0.3) is 32.8 Å². The van der Waals surface area contributed by atoms with Crippen molar-refractivity contribution in [3.8, 4) is 16.9 Å². The van der Waals surface area contributed by atoms with Gasteiger partial charge in [0.15, 0.2) is 11.6 Å². The molecule has 6 heteroatoms. The number of fused-ring (bicyclic) bond motifs is 1. The van der Waals surface area contributed by atoms with Crippen LogP contribution in [0.1, 0.15) is 74.2 Å². The van der Waals surface area contributed by atoms with Gasteiger partial charge in [-0.05, 0) is 98.0 Å². The number of nitrogens with zero attached hydrogens (tertiary/aromatic N) is 1. The highest BCUT2D eigenvalue weighted by Crippen LogP contribution is 2.45. The van der Waals surface area contributed by atoms with Crippen LogP contribution in [-0.2, 0) is 16.0 Å². The summed E-state index contributed by atoms with van der Waals surface area (Å²) in [7, 11) is 0. The largest absolute Gasteiger partial charge is 0.493 e. The zero-order chi connectivity index (χ0) is 27.4. The molecule has 0 saturated heterocycles. The van der Waals surface area contributed by atoms with Crippen LogP contribution in [0, 0.1) is 12.7 Å². The van der Waals surface area contributed by atoms with Crippen molar-refractivity contribution in [1.82, 2.24) is 4.98 Å². The summed E-state index contributed by atoms with van der Waals surface area (Å²) in [6.45, 7) is 11.5. The lowest BCUT2D eigenvalue weighted by molar-refractivity contribution is -0.138. The topological polar surface area (TPSA) is 65.5 Å². The summed E-state index contributed by atoms with van der Waals surface area (Å²) >= 11 is 0. The molecular weight excluding hydrogens is 481 g/mol. The van der Waals surface area contributed by atoms with E-state index in [-0.39, 0.29) is 23.6 Å². The summed E-state index contributed by atoms with van der Waals surface area (Å²) in [6.07, 6.45) is 1.87. The molecule has 0 bridgehead atoms. The minimum absolute atomic E-state index is 0.0654. The number of ether oxygens (including phenoxy) is 2. The first-order valence-electron chi connectivity index (χ1n) is 13.0. The SMILES string of the molecule is CCC(=O)c1cc2cc(C)c([C@H](OC(C)(C)C)C(C)=O)c(-c3ccc4c5c(ccnc35)CCO4)c2cc1F. The van der Waals surface area contributed by atoms with Crippen LogP contribution in [0.3, 0.4) is 0 Å². The Morgan fingerprint density at radius 3 is 2.61 bits per heavy atom. The van der Waals surface area contributed by atoms with Crippen molar-refractivity contribution in [1.29, 1.82) is 0 Å². The van der Waals surface area contributed by atoms with Gasteiger partial charge in [0, 0.05) is 30.0 Å². The average Bonchev–Trinajstić information content (AvgIpc) is 2.86. The number of aryl methyl sites for hydroxylation is 1. The Bertz CT molecular complexity index is 1610. The molecule has 1 aliphatic heterocycles. The van der Waals surface area contributed by atoms with Crippen molar-refractivity contribution in [2.75, 3.05) is 6.61 Å². The summed E-state index contributed by atoms with van der Waals surface area (Å²) in [4.78, 5) is 30.3. The predicted octanol–water partition coefficient (Wildman–Crippen LogP) is 7.48. The fraction of sp³-hybridized carbons (Fsp3) is 0.344. The number of hydrogen-bond acceptors (Lipinski definition) is 5. The van der Waals surface area contributed by atoms with Crippen molar-refractivity contribution < 1.29 is 23.5 Å². The molecule has 4 aromatic rings. The van der Waals surface area contributed by atoms with Crippen molar-refractivity contribution in [3.05, 3.63) is 70.7 Å². The molecule has 0 saturated carbocycles. The Kier molecular flexibility index (Phi) is 6.56. The van der Waals surface area contributed by atoms with Gasteiger partial charge < -0.3 is 9.47 Å². The Morgan fingerprint density at radius 2 is 1.92 bits per heavy atom. The molecule has 1 atom stereocenters. The molecule has 0 radical (unpaired) electrons. The molecule has 3 aromatic carbocycles. The number of aromatic nitrogens is 1.